The summed E-state index contributed by atoms with van der Waals surface area (Å²) in [4.78, 5) is 37.9. The molecule has 1 saturated heterocycles. The fraction of sp³-hybridized carbons (Fsp3) is 0.286. The van der Waals surface area contributed by atoms with E-state index in [2.05, 4.69) is 10.6 Å². The number of carbonyl (C=O) groups is 3. The van der Waals surface area contributed by atoms with Crippen LogP contribution in [0.15, 0.2) is 42.5 Å². The number of nitrogens with one attached hydrogen (secondary N) is 2. The van der Waals surface area contributed by atoms with Gasteiger partial charge < -0.3 is 10.6 Å². The number of hydrogen-bond acceptors (Lipinski definition) is 3. The third-order valence-corrected chi connectivity index (χ3v) is 5.02. The van der Waals surface area contributed by atoms with Crippen LogP contribution in [0.1, 0.15) is 23.6 Å². The molecule has 0 radical (unpaired) electrons. The van der Waals surface area contributed by atoms with Crippen LogP contribution in [0.4, 0.5) is 13.6 Å². The molecule has 2 aromatic rings. The Hall–Kier alpha value is -3.29. The van der Waals surface area contributed by atoms with Crippen LogP contribution in [-0.2, 0) is 21.5 Å². The maximum absolute atomic E-state index is 14.1. The summed E-state index contributed by atoms with van der Waals surface area (Å²) in [6.07, 6.45) is 0.602. The lowest BCUT2D eigenvalue weighted by atomic mass is 9.91. The molecule has 0 unspecified atom stereocenters. The molecule has 4 amide bonds. The fourth-order valence-corrected chi connectivity index (χ4v) is 3.33. The molecule has 1 fully saturated rings. The van der Waals surface area contributed by atoms with Gasteiger partial charge in [-0.05, 0) is 49.6 Å². The molecule has 2 N–H and O–H groups in total. The van der Waals surface area contributed by atoms with Crippen molar-refractivity contribution in [3.8, 4) is 0 Å². The highest BCUT2D eigenvalue weighted by Crippen LogP contribution is 2.31. The molecule has 1 aliphatic heterocycles. The SMILES string of the molecule is Cc1ccccc1CCNC(=O)CN1C(=O)N[C@](C)(c2cc(F)ccc2F)C1=O. The predicted octanol–water partition coefficient (Wildman–Crippen LogP) is 2.40. The highest BCUT2D eigenvalue weighted by molar-refractivity contribution is 6.09. The topological polar surface area (TPSA) is 78.5 Å². The van der Waals surface area contributed by atoms with Gasteiger partial charge in [0.25, 0.3) is 5.91 Å². The second-order valence-electron chi connectivity index (χ2n) is 7.10. The van der Waals surface area contributed by atoms with E-state index < -0.39 is 41.6 Å². The number of halogens is 2. The number of imide groups is 1. The maximum Gasteiger partial charge on any atom is 0.325 e. The second kappa shape index (κ2) is 7.98. The molecule has 6 nitrogen and oxygen atoms in total. The van der Waals surface area contributed by atoms with Gasteiger partial charge in [-0.3, -0.25) is 14.5 Å². The summed E-state index contributed by atoms with van der Waals surface area (Å²) < 4.78 is 27.7. The minimum atomic E-state index is -1.79. The standard InChI is InChI=1S/C21H21F2N3O3/c1-13-5-3-4-6-14(13)9-10-24-18(27)12-26-19(28)21(2,25-20(26)29)16-11-15(22)7-8-17(16)23/h3-8,11H,9-10,12H2,1-2H3,(H,24,27)(H,25,29)/t21-/m1/s1. The van der Waals surface area contributed by atoms with Crippen molar-refractivity contribution in [1.29, 1.82) is 0 Å². The molecule has 8 heteroatoms. The third kappa shape index (κ3) is 4.11. The first-order valence-corrected chi connectivity index (χ1v) is 9.13. The lowest BCUT2D eigenvalue weighted by Crippen LogP contribution is -2.44. The molecule has 3 rings (SSSR count). The van der Waals surface area contributed by atoms with Gasteiger partial charge in [-0.15, -0.1) is 0 Å². The van der Waals surface area contributed by atoms with E-state index in [9.17, 15) is 23.2 Å². The number of amides is 4. The van der Waals surface area contributed by atoms with E-state index in [0.717, 1.165) is 29.3 Å². The molecule has 1 heterocycles. The zero-order valence-corrected chi connectivity index (χ0v) is 16.1. The Labute approximate surface area is 166 Å². The van der Waals surface area contributed by atoms with Gasteiger partial charge in [-0.25, -0.2) is 13.6 Å². The van der Waals surface area contributed by atoms with Gasteiger partial charge >= 0.3 is 6.03 Å². The minimum Gasteiger partial charge on any atom is -0.354 e. The molecule has 152 valence electrons. The summed E-state index contributed by atoms with van der Waals surface area (Å²) in [5.41, 5.74) is 0.101. The van der Waals surface area contributed by atoms with Crippen molar-refractivity contribution in [3.05, 3.63) is 70.8 Å². The van der Waals surface area contributed by atoms with E-state index in [-0.39, 0.29) is 5.56 Å². The Bertz CT molecular complexity index is 979. The maximum atomic E-state index is 14.1. The van der Waals surface area contributed by atoms with Gasteiger partial charge in [-0.2, -0.15) is 0 Å². The van der Waals surface area contributed by atoms with Crippen LogP contribution in [0.2, 0.25) is 0 Å². The van der Waals surface area contributed by atoms with E-state index in [1.54, 1.807) is 0 Å². The Kier molecular flexibility index (Phi) is 5.63. The number of carbonyl (C=O) groups excluding carboxylic acids is 3. The fourth-order valence-electron chi connectivity index (χ4n) is 3.33. The van der Waals surface area contributed by atoms with Crippen molar-refractivity contribution in [3.63, 3.8) is 0 Å². The van der Waals surface area contributed by atoms with Gasteiger partial charge in [0.05, 0.1) is 0 Å². The number of rotatable bonds is 6. The van der Waals surface area contributed by atoms with E-state index in [1.165, 1.54) is 6.92 Å². The normalized spacial score (nSPS) is 18.7. The second-order valence-corrected chi connectivity index (χ2v) is 7.10. The lowest BCUT2D eigenvalue weighted by Gasteiger charge is -2.22. The number of nitrogens with zero attached hydrogens (tertiary/aromatic N) is 1. The first-order valence-electron chi connectivity index (χ1n) is 9.13. The van der Waals surface area contributed by atoms with Crippen LogP contribution >= 0.6 is 0 Å². The number of hydrogen-bond donors (Lipinski definition) is 2. The molecule has 0 aromatic heterocycles. The Balaban J connectivity index is 1.65. The van der Waals surface area contributed by atoms with Gasteiger partial charge in [0.1, 0.15) is 23.7 Å². The van der Waals surface area contributed by atoms with E-state index in [4.69, 9.17) is 0 Å². The first kappa shape index (κ1) is 20.4. The van der Waals surface area contributed by atoms with Crippen LogP contribution in [0.25, 0.3) is 0 Å². The van der Waals surface area contributed by atoms with E-state index >= 15 is 0 Å². The Morgan fingerprint density at radius 2 is 1.90 bits per heavy atom. The smallest absolute Gasteiger partial charge is 0.325 e. The van der Waals surface area contributed by atoms with Crippen LogP contribution in [0, 0.1) is 18.6 Å². The molecule has 1 aliphatic rings. The molecule has 2 aromatic carbocycles. The van der Waals surface area contributed by atoms with E-state index in [0.29, 0.717) is 17.9 Å². The molecular formula is C21H21F2N3O3. The number of urea groups is 1. The first-order chi connectivity index (χ1) is 13.7. The van der Waals surface area contributed by atoms with Crippen LogP contribution in [0.5, 0.6) is 0 Å². The molecular weight excluding hydrogens is 380 g/mol. The Morgan fingerprint density at radius 1 is 1.17 bits per heavy atom. The third-order valence-electron chi connectivity index (χ3n) is 5.02. The highest BCUT2D eigenvalue weighted by atomic mass is 19.1. The summed E-state index contributed by atoms with van der Waals surface area (Å²) >= 11 is 0. The van der Waals surface area contributed by atoms with Gasteiger partial charge in [-0.1, -0.05) is 24.3 Å². The van der Waals surface area contributed by atoms with Crippen LogP contribution < -0.4 is 10.6 Å². The van der Waals surface area contributed by atoms with Gasteiger partial charge in [0.2, 0.25) is 5.91 Å². The average Bonchev–Trinajstić information content (AvgIpc) is 2.89. The minimum absolute atomic E-state index is 0.293. The number of benzene rings is 2. The quantitative estimate of drug-likeness (QED) is 0.730. The van der Waals surface area contributed by atoms with E-state index in [1.807, 2.05) is 31.2 Å². The van der Waals surface area contributed by atoms with Gasteiger partial charge in [0.15, 0.2) is 0 Å². The molecule has 0 aliphatic carbocycles. The summed E-state index contributed by atoms with van der Waals surface area (Å²) in [5.74, 6) is -2.91. The van der Waals surface area contributed by atoms with Crippen molar-refractivity contribution in [1.82, 2.24) is 15.5 Å². The predicted molar refractivity (Wildman–Crippen MR) is 102 cm³/mol. The van der Waals surface area contributed by atoms with Crippen LogP contribution in [0.3, 0.4) is 0 Å². The summed E-state index contributed by atoms with van der Waals surface area (Å²) in [6, 6.07) is 9.58. The molecule has 0 spiro atoms. The monoisotopic (exact) mass is 401 g/mol. The van der Waals surface area contributed by atoms with Crippen molar-refractivity contribution in [2.45, 2.75) is 25.8 Å². The largest absolute Gasteiger partial charge is 0.354 e. The zero-order chi connectivity index (χ0) is 21.2. The summed E-state index contributed by atoms with van der Waals surface area (Å²) in [6.45, 7) is 3.08. The average molecular weight is 401 g/mol. The van der Waals surface area contributed by atoms with Gasteiger partial charge in [0, 0.05) is 12.1 Å². The zero-order valence-electron chi connectivity index (χ0n) is 16.1. The highest BCUT2D eigenvalue weighted by Gasteiger charge is 2.50. The molecule has 0 saturated carbocycles. The molecule has 0 bridgehead atoms. The van der Waals surface area contributed by atoms with Crippen molar-refractivity contribution >= 4 is 17.8 Å². The molecule has 1 atom stereocenters. The van der Waals surface area contributed by atoms with Crippen molar-refractivity contribution < 1.29 is 23.2 Å². The summed E-state index contributed by atoms with van der Waals surface area (Å²) in [5, 5.41) is 5.03. The Morgan fingerprint density at radius 3 is 2.62 bits per heavy atom. The lowest BCUT2D eigenvalue weighted by molar-refractivity contribution is -0.134. The van der Waals surface area contributed by atoms with Crippen molar-refractivity contribution in [2.24, 2.45) is 0 Å². The van der Waals surface area contributed by atoms with Crippen LogP contribution in [-0.4, -0.2) is 35.8 Å². The molecule has 29 heavy (non-hydrogen) atoms. The summed E-state index contributed by atoms with van der Waals surface area (Å²) in [7, 11) is 0. The van der Waals surface area contributed by atoms with Crippen molar-refractivity contribution in [2.75, 3.05) is 13.1 Å². The number of aryl methyl sites for hydroxylation is 1.